The fourth-order valence-electron chi connectivity index (χ4n) is 1.15. The van der Waals surface area contributed by atoms with Crippen LogP contribution >= 0.6 is 27.5 Å². The van der Waals surface area contributed by atoms with Gasteiger partial charge in [-0.25, -0.2) is 0 Å². The van der Waals surface area contributed by atoms with Crippen LogP contribution in [-0.2, 0) is 0 Å². The van der Waals surface area contributed by atoms with Crippen LogP contribution in [0.3, 0.4) is 0 Å². The van der Waals surface area contributed by atoms with Gasteiger partial charge in [0.25, 0.3) is 0 Å². The molecule has 0 aliphatic carbocycles. The molecule has 2 rings (SSSR count). The Labute approximate surface area is 91.0 Å². The molecule has 0 aliphatic rings. The van der Waals surface area contributed by atoms with Crippen molar-refractivity contribution >= 4 is 38.6 Å². The Morgan fingerprint density at radius 1 is 1.14 bits per heavy atom. The van der Waals surface area contributed by atoms with Crippen molar-refractivity contribution in [1.29, 1.82) is 0 Å². The van der Waals surface area contributed by atoms with Gasteiger partial charge in [0.15, 0.2) is 0 Å². The highest BCUT2D eigenvalue weighted by atomic mass is 79.9. The van der Waals surface area contributed by atoms with E-state index >= 15 is 0 Å². The molecule has 0 aliphatic heterocycles. The van der Waals surface area contributed by atoms with Crippen LogP contribution in [-0.4, -0.2) is 9.97 Å². The maximum atomic E-state index is 11.0. The van der Waals surface area contributed by atoms with Crippen LogP contribution in [0.5, 0.6) is 0 Å². The van der Waals surface area contributed by atoms with E-state index in [0.717, 1.165) is 0 Å². The number of H-pyrrole nitrogens is 2. The van der Waals surface area contributed by atoms with Crippen LogP contribution in [0.4, 0.5) is 0 Å². The summed E-state index contributed by atoms with van der Waals surface area (Å²) in [7, 11) is 0. The normalized spacial score (nSPS) is 10.7. The second-order valence-electron chi connectivity index (χ2n) is 2.72. The van der Waals surface area contributed by atoms with Crippen molar-refractivity contribution in [2.75, 3.05) is 0 Å². The summed E-state index contributed by atoms with van der Waals surface area (Å²) < 4.78 is 0.633. The third-order valence-corrected chi connectivity index (χ3v) is 2.59. The molecule has 1 heterocycles. The van der Waals surface area contributed by atoms with Gasteiger partial charge in [0, 0.05) is 9.50 Å². The average molecular weight is 275 g/mol. The van der Waals surface area contributed by atoms with Gasteiger partial charge in [-0.2, -0.15) is 0 Å². The van der Waals surface area contributed by atoms with E-state index in [2.05, 4.69) is 25.9 Å². The van der Waals surface area contributed by atoms with Crippen molar-refractivity contribution in [3.05, 3.63) is 42.3 Å². The molecule has 14 heavy (non-hydrogen) atoms. The number of aromatic amines is 2. The van der Waals surface area contributed by atoms with Crippen molar-refractivity contribution in [3.8, 4) is 0 Å². The highest BCUT2D eigenvalue weighted by molar-refractivity contribution is 9.10. The zero-order chi connectivity index (χ0) is 10.3. The summed E-state index contributed by atoms with van der Waals surface area (Å²) in [6.45, 7) is 0. The zero-order valence-corrected chi connectivity index (χ0v) is 9.07. The van der Waals surface area contributed by atoms with E-state index in [-0.39, 0.29) is 0 Å². The molecule has 0 fully saturated rings. The lowest BCUT2D eigenvalue weighted by Crippen LogP contribution is -2.28. The first kappa shape index (κ1) is 9.48. The Kier molecular flexibility index (Phi) is 2.20. The van der Waals surface area contributed by atoms with Gasteiger partial charge in [0.1, 0.15) is 0 Å². The quantitative estimate of drug-likeness (QED) is 0.718. The number of benzene rings is 1. The third-order valence-electron chi connectivity index (χ3n) is 1.75. The fraction of sp³-hybridized carbons (Fsp3) is 0. The summed E-state index contributed by atoms with van der Waals surface area (Å²) in [5.41, 5.74) is -0.347. The summed E-state index contributed by atoms with van der Waals surface area (Å²) in [6.07, 6.45) is 0. The van der Waals surface area contributed by atoms with Crippen LogP contribution < -0.4 is 11.1 Å². The SMILES string of the molecule is O=c1[nH]c2cc(Cl)cc(Br)c2[nH]c1=O. The molecule has 0 unspecified atom stereocenters. The Hall–Kier alpha value is -1.07. The largest absolute Gasteiger partial charge is 0.316 e. The first-order chi connectivity index (χ1) is 6.58. The van der Waals surface area contributed by atoms with Crippen LogP contribution in [0, 0.1) is 0 Å². The smallest absolute Gasteiger partial charge is 0.314 e. The molecule has 0 atom stereocenters. The van der Waals surface area contributed by atoms with Crippen molar-refractivity contribution in [2.24, 2.45) is 0 Å². The first-order valence-corrected chi connectivity index (χ1v) is 4.86. The van der Waals surface area contributed by atoms with E-state index < -0.39 is 11.1 Å². The van der Waals surface area contributed by atoms with Crippen LogP contribution in [0.25, 0.3) is 11.0 Å². The van der Waals surface area contributed by atoms with E-state index in [0.29, 0.717) is 20.5 Å². The summed E-state index contributed by atoms with van der Waals surface area (Å²) in [4.78, 5) is 26.9. The molecular weight excluding hydrogens is 271 g/mol. The molecule has 0 spiro atoms. The van der Waals surface area contributed by atoms with Gasteiger partial charge in [-0.15, -0.1) is 0 Å². The molecule has 2 aromatic rings. The second-order valence-corrected chi connectivity index (χ2v) is 4.01. The monoisotopic (exact) mass is 274 g/mol. The van der Waals surface area contributed by atoms with Crippen molar-refractivity contribution in [3.63, 3.8) is 0 Å². The van der Waals surface area contributed by atoms with Gasteiger partial charge in [-0.1, -0.05) is 11.6 Å². The van der Waals surface area contributed by atoms with E-state index in [1.165, 1.54) is 0 Å². The minimum atomic E-state index is -0.688. The molecular formula is C8H4BrClN2O2. The van der Waals surface area contributed by atoms with Crippen molar-refractivity contribution in [2.45, 2.75) is 0 Å². The average Bonchev–Trinajstić information content (AvgIpc) is 2.08. The molecule has 0 radical (unpaired) electrons. The van der Waals surface area contributed by atoms with Crippen LogP contribution in [0.2, 0.25) is 5.02 Å². The number of rotatable bonds is 0. The topological polar surface area (TPSA) is 65.7 Å². The number of fused-ring (bicyclic) bond motifs is 1. The molecule has 4 nitrogen and oxygen atoms in total. The predicted molar refractivity (Wildman–Crippen MR) is 57.9 cm³/mol. The molecule has 0 saturated heterocycles. The van der Waals surface area contributed by atoms with Crippen molar-refractivity contribution < 1.29 is 0 Å². The van der Waals surface area contributed by atoms with Gasteiger partial charge >= 0.3 is 11.1 Å². The Bertz CT molecular complexity index is 617. The summed E-state index contributed by atoms with van der Waals surface area (Å²) in [5, 5.41) is 0.479. The Morgan fingerprint density at radius 2 is 1.79 bits per heavy atom. The van der Waals surface area contributed by atoms with Gasteiger partial charge in [0.05, 0.1) is 11.0 Å². The van der Waals surface area contributed by atoms with E-state index in [4.69, 9.17) is 11.6 Å². The Morgan fingerprint density at radius 3 is 2.50 bits per heavy atom. The summed E-state index contributed by atoms with van der Waals surface area (Å²) >= 11 is 9.00. The number of halogens is 2. The number of hydrogen-bond donors (Lipinski definition) is 2. The molecule has 2 N–H and O–H groups in total. The molecule has 1 aromatic heterocycles. The number of hydrogen-bond acceptors (Lipinski definition) is 2. The first-order valence-electron chi connectivity index (χ1n) is 3.69. The Balaban J connectivity index is 3.03. The molecule has 6 heteroatoms. The summed E-state index contributed by atoms with van der Waals surface area (Å²) in [6, 6.07) is 3.21. The van der Waals surface area contributed by atoms with E-state index in [1.54, 1.807) is 12.1 Å². The molecule has 72 valence electrons. The predicted octanol–water partition coefficient (Wildman–Crippen LogP) is 1.63. The maximum Gasteiger partial charge on any atom is 0.314 e. The zero-order valence-electron chi connectivity index (χ0n) is 6.73. The van der Waals surface area contributed by atoms with Gasteiger partial charge in [-0.3, -0.25) is 9.59 Å². The van der Waals surface area contributed by atoms with Gasteiger partial charge < -0.3 is 9.97 Å². The van der Waals surface area contributed by atoms with Crippen molar-refractivity contribution in [1.82, 2.24) is 9.97 Å². The van der Waals surface area contributed by atoms with Gasteiger partial charge in [0.2, 0.25) is 0 Å². The molecule has 0 saturated carbocycles. The van der Waals surface area contributed by atoms with E-state index in [9.17, 15) is 9.59 Å². The van der Waals surface area contributed by atoms with Crippen LogP contribution in [0.1, 0.15) is 0 Å². The van der Waals surface area contributed by atoms with Crippen LogP contribution in [0.15, 0.2) is 26.2 Å². The summed E-state index contributed by atoms with van der Waals surface area (Å²) in [5.74, 6) is 0. The lowest BCUT2D eigenvalue weighted by atomic mass is 10.3. The highest BCUT2D eigenvalue weighted by Gasteiger charge is 2.04. The number of aromatic nitrogens is 2. The van der Waals surface area contributed by atoms with Gasteiger partial charge in [-0.05, 0) is 28.1 Å². The fourth-order valence-corrected chi connectivity index (χ4v) is 2.06. The highest BCUT2D eigenvalue weighted by Crippen LogP contribution is 2.23. The standard InChI is InChI=1S/C8H4BrClN2O2/c9-4-1-3(10)2-5-6(4)12-8(14)7(13)11-5/h1-2H,(H,11,13)(H,12,14). The molecule has 0 bridgehead atoms. The minimum absolute atomic E-state index is 0.479. The lowest BCUT2D eigenvalue weighted by Gasteiger charge is -2.00. The van der Waals surface area contributed by atoms with E-state index in [1.807, 2.05) is 0 Å². The number of nitrogens with one attached hydrogen (secondary N) is 2. The lowest BCUT2D eigenvalue weighted by molar-refractivity contribution is 1.14. The third kappa shape index (κ3) is 1.49. The molecule has 1 aromatic carbocycles. The second kappa shape index (κ2) is 3.25. The molecule has 0 amide bonds. The maximum absolute atomic E-state index is 11.0. The minimum Gasteiger partial charge on any atom is -0.316 e.